The minimum atomic E-state index is -5.07. The molecule has 3 amide bonds. The number of methoxy groups -OCH3 is 1. The van der Waals surface area contributed by atoms with Crippen molar-refractivity contribution in [1.82, 2.24) is 4.90 Å². The van der Waals surface area contributed by atoms with E-state index in [9.17, 15) is 40.7 Å². The van der Waals surface area contributed by atoms with Crippen LogP contribution in [0.3, 0.4) is 0 Å². The molecule has 228 valence electrons. The van der Waals surface area contributed by atoms with Gasteiger partial charge in [-0.2, -0.15) is 26.3 Å². The Kier molecular flexibility index (Phi) is 8.38. The van der Waals surface area contributed by atoms with Gasteiger partial charge in [0.15, 0.2) is 0 Å². The number of alkyl halides is 6. The van der Waals surface area contributed by atoms with Crippen molar-refractivity contribution in [2.45, 2.75) is 64.6 Å². The third-order valence-electron chi connectivity index (χ3n) is 7.38. The Labute approximate surface area is 237 Å². The molecule has 14 heteroatoms. The number of hydrogen-bond acceptors (Lipinski definition) is 5. The minimum Gasteiger partial charge on any atom is -0.453 e. The highest BCUT2D eigenvalue weighted by molar-refractivity contribution is 5.97. The van der Waals surface area contributed by atoms with Gasteiger partial charge in [-0.1, -0.05) is 0 Å². The predicted octanol–water partition coefficient (Wildman–Crippen LogP) is 6.70. The molecular weight excluding hydrogens is 572 g/mol. The number of halogens is 6. The average molecular weight is 602 g/mol. The summed E-state index contributed by atoms with van der Waals surface area (Å²) in [5.74, 6) is -0.224. The minimum absolute atomic E-state index is 0.0191. The number of fused-ring (bicyclic) bond motifs is 2. The summed E-state index contributed by atoms with van der Waals surface area (Å²) in [7, 11) is 1.05. The molecular formula is C28H29F6N3O5. The quantitative estimate of drug-likeness (QED) is 0.365. The molecule has 0 saturated carbocycles. The van der Waals surface area contributed by atoms with Crippen molar-refractivity contribution in [3.63, 3.8) is 0 Å². The Morgan fingerprint density at radius 1 is 0.976 bits per heavy atom. The molecule has 42 heavy (non-hydrogen) atoms. The maximum Gasteiger partial charge on any atom is 0.416 e. The van der Waals surface area contributed by atoms with Crippen molar-refractivity contribution in [2.75, 3.05) is 30.1 Å². The van der Waals surface area contributed by atoms with Crippen LogP contribution >= 0.6 is 0 Å². The molecule has 2 atom stereocenters. The van der Waals surface area contributed by atoms with Gasteiger partial charge in [-0.25, -0.2) is 9.59 Å². The molecule has 2 aromatic carbocycles. The van der Waals surface area contributed by atoms with Crippen LogP contribution in [0.2, 0.25) is 0 Å². The Balaban J connectivity index is 1.87. The van der Waals surface area contributed by atoms with Crippen molar-refractivity contribution < 1.29 is 50.2 Å². The van der Waals surface area contributed by atoms with Gasteiger partial charge >= 0.3 is 24.5 Å². The molecule has 0 saturated heterocycles. The van der Waals surface area contributed by atoms with Crippen LogP contribution in [0, 0.1) is 0 Å². The molecule has 2 aromatic rings. The van der Waals surface area contributed by atoms with Gasteiger partial charge in [0.25, 0.3) is 0 Å². The fourth-order valence-electron chi connectivity index (χ4n) is 5.53. The van der Waals surface area contributed by atoms with Gasteiger partial charge in [0, 0.05) is 31.7 Å². The second-order valence-electron chi connectivity index (χ2n) is 10.1. The lowest BCUT2D eigenvalue weighted by molar-refractivity contribution is -0.143. The summed E-state index contributed by atoms with van der Waals surface area (Å²) >= 11 is 0. The molecule has 2 aliphatic heterocycles. The maximum atomic E-state index is 13.5. The smallest absolute Gasteiger partial charge is 0.416 e. The zero-order chi connectivity index (χ0) is 31.1. The third kappa shape index (κ3) is 5.97. The van der Waals surface area contributed by atoms with Crippen LogP contribution in [0.5, 0.6) is 0 Å². The standard InChI is InChI=1S/C28H29F6N3O5/c1-5-42-26(40)37-15(2)8-23(21-11-18-6-7-35(16(3)38)22(18)13-24(21)37)36(25(39)41-4)14-17-9-19(27(29,30)31)12-20(10-17)28(32,33)34/h9-13,15,23H,5-8,14H2,1-4H3/t15-,23+/m0/s1. The second-order valence-corrected chi connectivity index (χ2v) is 10.1. The first kappa shape index (κ1) is 31.0. The van der Waals surface area contributed by atoms with Crippen LogP contribution in [0.15, 0.2) is 30.3 Å². The monoisotopic (exact) mass is 601 g/mol. The lowest BCUT2D eigenvalue weighted by atomic mass is 9.88. The number of benzene rings is 2. The van der Waals surface area contributed by atoms with Gasteiger partial charge < -0.3 is 14.4 Å². The number of rotatable bonds is 4. The Morgan fingerprint density at radius 3 is 2.12 bits per heavy atom. The third-order valence-corrected chi connectivity index (χ3v) is 7.38. The van der Waals surface area contributed by atoms with Crippen molar-refractivity contribution in [1.29, 1.82) is 0 Å². The number of carbonyl (C=O) groups is 3. The first-order valence-electron chi connectivity index (χ1n) is 13.1. The molecule has 8 nitrogen and oxygen atoms in total. The van der Waals surface area contributed by atoms with Gasteiger partial charge in [-0.05, 0) is 73.7 Å². The van der Waals surface area contributed by atoms with Gasteiger partial charge in [0.1, 0.15) is 0 Å². The molecule has 0 radical (unpaired) electrons. The van der Waals surface area contributed by atoms with E-state index < -0.39 is 59.9 Å². The zero-order valence-corrected chi connectivity index (χ0v) is 23.2. The summed E-state index contributed by atoms with van der Waals surface area (Å²) in [6.45, 7) is 4.48. The molecule has 2 aliphatic rings. The summed E-state index contributed by atoms with van der Waals surface area (Å²) in [4.78, 5) is 42.3. The number of nitrogens with zero attached hydrogens (tertiary/aromatic N) is 3. The number of ether oxygens (including phenoxy) is 2. The number of anilines is 2. The molecule has 0 bridgehead atoms. The summed E-state index contributed by atoms with van der Waals surface area (Å²) in [6, 6.07) is 2.96. The first-order chi connectivity index (χ1) is 19.6. The molecule has 0 aromatic heterocycles. The SMILES string of the molecule is CCOC(=O)N1c2cc3c(cc2[C@H](N(Cc2cc(C(F)(F)F)cc(C(F)(F)F)c2)C(=O)OC)C[C@@H]1C)CCN3C(C)=O. The maximum absolute atomic E-state index is 13.5. The van der Waals surface area contributed by atoms with Crippen molar-refractivity contribution in [3.8, 4) is 0 Å². The number of amides is 3. The largest absolute Gasteiger partial charge is 0.453 e. The van der Waals surface area contributed by atoms with Crippen molar-refractivity contribution >= 4 is 29.5 Å². The van der Waals surface area contributed by atoms with E-state index in [2.05, 4.69) is 0 Å². The van der Waals surface area contributed by atoms with E-state index in [0.717, 1.165) is 17.6 Å². The van der Waals surface area contributed by atoms with Crippen LogP contribution < -0.4 is 9.80 Å². The lowest BCUT2D eigenvalue weighted by Gasteiger charge is -2.43. The predicted molar refractivity (Wildman–Crippen MR) is 139 cm³/mol. The van der Waals surface area contributed by atoms with Crippen molar-refractivity contribution in [3.05, 3.63) is 58.1 Å². The highest BCUT2D eigenvalue weighted by Gasteiger charge is 2.42. The summed E-state index contributed by atoms with van der Waals surface area (Å²) in [5, 5.41) is 0. The van der Waals surface area contributed by atoms with E-state index in [4.69, 9.17) is 9.47 Å². The van der Waals surface area contributed by atoms with Gasteiger partial charge in [-0.15, -0.1) is 0 Å². The van der Waals surface area contributed by atoms with Gasteiger partial charge in [-0.3, -0.25) is 14.6 Å². The fourth-order valence-corrected chi connectivity index (χ4v) is 5.53. The van der Waals surface area contributed by atoms with Crippen LogP contribution in [-0.2, 0) is 39.6 Å². The van der Waals surface area contributed by atoms with Crippen LogP contribution in [0.25, 0.3) is 0 Å². The Hall–Kier alpha value is -3.97. The molecule has 4 rings (SSSR count). The van der Waals surface area contributed by atoms with E-state index in [1.54, 1.807) is 26.0 Å². The summed E-state index contributed by atoms with van der Waals surface area (Å²) < 4.78 is 91.5. The van der Waals surface area contributed by atoms with Crippen LogP contribution in [0.4, 0.5) is 47.3 Å². The van der Waals surface area contributed by atoms with Gasteiger partial charge in [0.2, 0.25) is 5.91 Å². The van der Waals surface area contributed by atoms with Gasteiger partial charge in [0.05, 0.1) is 36.6 Å². The van der Waals surface area contributed by atoms with Crippen LogP contribution in [-0.4, -0.2) is 49.3 Å². The van der Waals surface area contributed by atoms with E-state index >= 15 is 0 Å². The molecule has 0 unspecified atom stereocenters. The Morgan fingerprint density at radius 2 is 1.60 bits per heavy atom. The lowest BCUT2D eigenvalue weighted by Crippen LogP contribution is -2.47. The van der Waals surface area contributed by atoms with Crippen molar-refractivity contribution in [2.24, 2.45) is 0 Å². The fraction of sp³-hybridized carbons (Fsp3) is 0.464. The second kappa shape index (κ2) is 11.4. The van der Waals surface area contributed by atoms with E-state index in [1.165, 1.54) is 16.7 Å². The normalized spacial score (nSPS) is 18.3. The van der Waals surface area contributed by atoms with E-state index in [1.807, 2.05) is 0 Å². The summed E-state index contributed by atoms with van der Waals surface area (Å²) in [6.07, 6.45) is -11.3. The molecule has 2 heterocycles. The number of carbonyl (C=O) groups excluding carboxylic acids is 3. The zero-order valence-electron chi connectivity index (χ0n) is 23.2. The molecule has 0 spiro atoms. The van der Waals surface area contributed by atoms with Crippen LogP contribution in [0.1, 0.15) is 61.1 Å². The number of hydrogen-bond donors (Lipinski definition) is 0. The Bertz CT molecular complexity index is 1360. The molecule has 0 fully saturated rings. The topological polar surface area (TPSA) is 79.4 Å². The molecule has 0 N–H and O–H groups in total. The summed E-state index contributed by atoms with van der Waals surface area (Å²) in [5.41, 5.74) is -1.42. The first-order valence-corrected chi connectivity index (χ1v) is 13.1. The highest BCUT2D eigenvalue weighted by Crippen LogP contribution is 2.46. The average Bonchev–Trinajstić information content (AvgIpc) is 3.32. The highest BCUT2D eigenvalue weighted by atomic mass is 19.4. The molecule has 0 aliphatic carbocycles. The van der Waals surface area contributed by atoms with E-state index in [0.29, 0.717) is 42.0 Å². The van der Waals surface area contributed by atoms with E-state index in [-0.39, 0.29) is 25.0 Å².